The largest absolute Gasteiger partial charge is 1.00 e. The Labute approximate surface area is 121 Å². The third-order valence-corrected chi connectivity index (χ3v) is 0. The van der Waals surface area contributed by atoms with Crippen LogP contribution >= 0.6 is 0 Å². The monoisotopic (exact) mass is 156 g/mol. The van der Waals surface area contributed by atoms with Crippen LogP contribution in [-0.2, 0) is 0 Å². The zero-order chi connectivity index (χ0) is 3.58. The third kappa shape index (κ3) is 47.6. The maximum absolute atomic E-state index is 7.17. The van der Waals surface area contributed by atoms with Gasteiger partial charge >= 0.3 is 88.3 Å². The van der Waals surface area contributed by atoms with Gasteiger partial charge in [0.1, 0.15) is 0 Å². The first-order chi connectivity index (χ1) is 1.73. The van der Waals surface area contributed by atoms with Crippen molar-refractivity contribution in [3.8, 4) is 0 Å². The first kappa shape index (κ1) is 22.5. The molecule has 0 rings (SSSR count). The van der Waals surface area contributed by atoms with Crippen LogP contribution in [0.4, 0.5) is 0 Å². The van der Waals surface area contributed by atoms with Crippen LogP contribution in [0.25, 0.3) is 0 Å². The predicted octanol–water partition coefficient (Wildman–Crippen LogP) is -9.00. The van der Waals surface area contributed by atoms with Gasteiger partial charge in [0.15, 0.2) is 17.4 Å². The molecule has 0 aromatic heterocycles. The van der Waals surface area contributed by atoms with Gasteiger partial charge in [-0.15, -0.1) is 0 Å². The van der Waals surface area contributed by atoms with Crippen molar-refractivity contribution < 1.29 is 98.9 Å². The number of hydrogen-bond donors (Lipinski definition) is 3. The summed E-state index contributed by atoms with van der Waals surface area (Å²) in [4.78, 5) is 0. The van der Waals surface area contributed by atoms with E-state index >= 15 is 0 Å². The van der Waals surface area contributed by atoms with E-state index in [1.807, 2.05) is 0 Å². The van der Waals surface area contributed by atoms with Crippen LogP contribution in [0.3, 0.4) is 0 Å². The maximum atomic E-state index is 7.17. The summed E-state index contributed by atoms with van der Waals surface area (Å²) in [6.45, 7) is 0. The molecule has 0 amide bonds. The Bertz CT molecular complexity index is 26.5. The Morgan fingerprint density at radius 3 is 1.14 bits per heavy atom. The molecule has 0 saturated heterocycles. The molecule has 0 atom stereocenters. The molecule has 0 aliphatic heterocycles. The Morgan fingerprint density at radius 1 is 1.14 bits per heavy atom. The van der Waals surface area contributed by atoms with Crippen molar-refractivity contribution in [2.24, 2.45) is 0 Å². The standard InChI is InChI=1S/Al.BH3O3.K.Na.5H/c;2-1(3)4;;;;;;;/h;2-4H;;;;;;;/q;;2*+1;;;;2*-1. The van der Waals surface area contributed by atoms with E-state index in [1.165, 1.54) is 0 Å². The molecule has 34 valence electrons. The summed E-state index contributed by atoms with van der Waals surface area (Å²) in [6, 6.07) is 0. The van der Waals surface area contributed by atoms with Gasteiger partial charge in [0.25, 0.3) is 0 Å². The van der Waals surface area contributed by atoms with Crippen LogP contribution < -0.4 is 80.9 Å². The van der Waals surface area contributed by atoms with E-state index in [9.17, 15) is 0 Å². The fourth-order valence-electron chi connectivity index (χ4n) is 0. The molecule has 0 heterocycles. The van der Waals surface area contributed by atoms with Crippen molar-refractivity contribution >= 4 is 24.7 Å². The second kappa shape index (κ2) is 16.1. The van der Waals surface area contributed by atoms with Crippen molar-refractivity contribution in [1.29, 1.82) is 0 Å². The van der Waals surface area contributed by atoms with Crippen molar-refractivity contribution in [1.82, 2.24) is 0 Å². The summed E-state index contributed by atoms with van der Waals surface area (Å²) in [6.07, 6.45) is 0. The molecule has 0 aliphatic carbocycles. The van der Waals surface area contributed by atoms with E-state index in [1.54, 1.807) is 0 Å². The molecule has 0 fully saturated rings. The average Bonchev–Trinajstić information content (AvgIpc) is 0.811. The zero-order valence-corrected chi connectivity index (χ0v) is 9.04. The SMILES string of the molecule is OB(O)O.[AlH3].[H-].[H-].[K+].[Na+]. The molecular formula is H8AlBKNaO3. The molecule has 0 aromatic rings. The van der Waals surface area contributed by atoms with E-state index in [-0.39, 0.29) is 101 Å². The first-order valence-corrected chi connectivity index (χ1v) is 0.775. The Balaban J connectivity index is -0.00000000450. The molecule has 3 N–H and O–H groups in total. The maximum Gasteiger partial charge on any atom is 1.00 e. The molecule has 0 saturated carbocycles. The molecule has 7 heavy (non-hydrogen) atoms. The van der Waals surface area contributed by atoms with E-state index in [0.29, 0.717) is 0 Å². The second-order valence-electron chi connectivity index (χ2n) is 0.346. The summed E-state index contributed by atoms with van der Waals surface area (Å²) in [7, 11) is -2.17. The summed E-state index contributed by atoms with van der Waals surface area (Å²) in [5.41, 5.74) is 0. The van der Waals surface area contributed by atoms with E-state index in [0.717, 1.165) is 0 Å². The van der Waals surface area contributed by atoms with Gasteiger partial charge in [-0.05, 0) is 0 Å². The van der Waals surface area contributed by atoms with Gasteiger partial charge in [-0.2, -0.15) is 0 Å². The van der Waals surface area contributed by atoms with Crippen LogP contribution in [0.2, 0.25) is 0 Å². The van der Waals surface area contributed by atoms with Gasteiger partial charge < -0.3 is 17.9 Å². The van der Waals surface area contributed by atoms with Crippen LogP contribution in [0.15, 0.2) is 0 Å². The summed E-state index contributed by atoms with van der Waals surface area (Å²) < 4.78 is 0. The summed E-state index contributed by atoms with van der Waals surface area (Å²) in [5, 5.41) is 21.5. The molecule has 0 unspecified atom stereocenters. The normalized spacial score (nSPS) is 3.86. The summed E-state index contributed by atoms with van der Waals surface area (Å²) >= 11 is 0. The van der Waals surface area contributed by atoms with E-state index in [4.69, 9.17) is 15.1 Å². The van der Waals surface area contributed by atoms with Gasteiger partial charge in [0.05, 0.1) is 0 Å². The quantitative estimate of drug-likeness (QED) is 0.305. The van der Waals surface area contributed by atoms with Gasteiger partial charge in [0.2, 0.25) is 0 Å². The van der Waals surface area contributed by atoms with Gasteiger partial charge in [-0.1, -0.05) is 0 Å². The molecule has 7 heteroatoms. The zero-order valence-electron chi connectivity index (χ0n) is 5.92. The minimum Gasteiger partial charge on any atom is -1.00 e. The second-order valence-corrected chi connectivity index (χ2v) is 0.346. The number of hydrogen-bond acceptors (Lipinski definition) is 3. The molecule has 0 spiro atoms. The predicted molar refractivity (Wildman–Crippen MR) is 24.6 cm³/mol. The van der Waals surface area contributed by atoms with Crippen molar-refractivity contribution in [2.75, 3.05) is 0 Å². The van der Waals surface area contributed by atoms with Gasteiger partial charge in [-0.3, -0.25) is 0 Å². The molecular weight excluding hydrogens is 148 g/mol. The summed E-state index contributed by atoms with van der Waals surface area (Å²) in [5.74, 6) is 0. The van der Waals surface area contributed by atoms with Crippen molar-refractivity contribution in [3.05, 3.63) is 0 Å². The Hall–Kier alpha value is 3.11. The average molecular weight is 156 g/mol. The van der Waals surface area contributed by atoms with E-state index < -0.39 is 7.32 Å². The van der Waals surface area contributed by atoms with Gasteiger partial charge in [0, 0.05) is 0 Å². The smallest absolute Gasteiger partial charge is 1.00 e. The van der Waals surface area contributed by atoms with E-state index in [2.05, 4.69) is 0 Å². The van der Waals surface area contributed by atoms with Gasteiger partial charge in [-0.25, -0.2) is 0 Å². The fourth-order valence-corrected chi connectivity index (χ4v) is 0. The van der Waals surface area contributed by atoms with Crippen LogP contribution in [0.5, 0.6) is 0 Å². The topological polar surface area (TPSA) is 60.7 Å². The molecule has 0 bridgehead atoms. The molecule has 0 aromatic carbocycles. The minimum atomic E-state index is -2.17. The fraction of sp³-hybridized carbons (Fsp3) is 0. The van der Waals surface area contributed by atoms with Crippen molar-refractivity contribution in [2.45, 2.75) is 0 Å². The third-order valence-electron chi connectivity index (χ3n) is 0. The number of rotatable bonds is 0. The molecule has 0 aliphatic rings. The van der Waals surface area contributed by atoms with Crippen LogP contribution in [-0.4, -0.2) is 39.8 Å². The first-order valence-electron chi connectivity index (χ1n) is 0.775. The molecule has 3 nitrogen and oxygen atoms in total. The Morgan fingerprint density at radius 2 is 1.14 bits per heavy atom. The van der Waals surface area contributed by atoms with Crippen LogP contribution in [0.1, 0.15) is 2.85 Å². The van der Waals surface area contributed by atoms with Crippen LogP contribution in [0, 0.1) is 0 Å². The minimum absolute atomic E-state index is 0. The van der Waals surface area contributed by atoms with Crippen molar-refractivity contribution in [3.63, 3.8) is 0 Å². The Kier molecular flexibility index (Phi) is 51.5. The molecule has 0 radical (unpaired) electrons.